The molecule has 4 aromatic rings. The van der Waals surface area contributed by atoms with Gasteiger partial charge in [0.15, 0.2) is 0 Å². The van der Waals surface area contributed by atoms with Gasteiger partial charge in [0.2, 0.25) is 0 Å². The van der Waals surface area contributed by atoms with Crippen LogP contribution in [0, 0.1) is 6.92 Å². The van der Waals surface area contributed by atoms with Gasteiger partial charge in [-0.15, -0.1) is 0 Å². The third kappa shape index (κ3) is 7.77. The molecule has 0 aliphatic heterocycles. The molecule has 0 saturated carbocycles. The van der Waals surface area contributed by atoms with Crippen molar-refractivity contribution < 1.29 is 22.1 Å². The molecule has 6 nitrogen and oxygen atoms in total. The van der Waals surface area contributed by atoms with Crippen molar-refractivity contribution in [1.82, 2.24) is 5.32 Å². The van der Waals surface area contributed by atoms with E-state index in [0.717, 1.165) is 22.3 Å². The number of hydrogen-bond donors (Lipinski definition) is 1. The molecule has 0 spiro atoms. The van der Waals surface area contributed by atoms with E-state index >= 15 is 0 Å². The molecular formula is C30H29NO5S. The van der Waals surface area contributed by atoms with E-state index in [2.05, 4.69) is 5.32 Å². The fourth-order valence-corrected chi connectivity index (χ4v) is 4.63. The quantitative estimate of drug-likeness (QED) is 0.218. The molecule has 0 aromatic heterocycles. The average Bonchev–Trinajstić information content (AvgIpc) is 2.92. The van der Waals surface area contributed by atoms with Crippen LogP contribution >= 0.6 is 0 Å². The van der Waals surface area contributed by atoms with Crippen LogP contribution in [-0.2, 0) is 39.2 Å². The second-order valence-corrected chi connectivity index (χ2v) is 10.3. The van der Waals surface area contributed by atoms with E-state index in [1.54, 1.807) is 36.4 Å². The molecule has 0 amide bonds. The van der Waals surface area contributed by atoms with E-state index in [9.17, 15) is 13.2 Å². The number of carbonyl (C=O) groups is 1. The number of nitrogens with one attached hydrogen (secondary N) is 1. The van der Waals surface area contributed by atoms with Crippen LogP contribution < -0.4 is 9.50 Å². The van der Waals surface area contributed by atoms with Crippen molar-refractivity contribution in [2.45, 2.75) is 37.4 Å². The summed E-state index contributed by atoms with van der Waals surface area (Å²) in [7, 11) is -3.94. The molecule has 0 aliphatic carbocycles. The zero-order valence-corrected chi connectivity index (χ0v) is 21.4. The second kappa shape index (κ2) is 12.3. The lowest BCUT2D eigenvalue weighted by Gasteiger charge is -2.18. The van der Waals surface area contributed by atoms with Gasteiger partial charge in [0.05, 0.1) is 0 Å². The van der Waals surface area contributed by atoms with E-state index in [4.69, 9.17) is 8.92 Å². The Labute approximate surface area is 218 Å². The lowest BCUT2D eigenvalue weighted by molar-refractivity contribution is -0.147. The van der Waals surface area contributed by atoms with Gasteiger partial charge in [0.25, 0.3) is 0 Å². The first-order valence-electron chi connectivity index (χ1n) is 12.0. The number of benzene rings is 4. The van der Waals surface area contributed by atoms with Crippen molar-refractivity contribution in [3.05, 3.63) is 131 Å². The van der Waals surface area contributed by atoms with Crippen LogP contribution in [0.2, 0.25) is 0 Å². The van der Waals surface area contributed by atoms with Gasteiger partial charge in [-0.1, -0.05) is 90.5 Å². The minimum Gasteiger partial charge on any atom is -0.460 e. The SMILES string of the molecule is Cc1ccc(S(=O)(=O)Oc2ccc(CC(NCc3ccccc3)C(=O)OCc3ccccc3)cc2)cc1. The number of ether oxygens (including phenoxy) is 1. The van der Waals surface area contributed by atoms with E-state index in [1.165, 1.54) is 12.1 Å². The lowest BCUT2D eigenvalue weighted by Crippen LogP contribution is -2.39. The van der Waals surface area contributed by atoms with Crippen LogP contribution in [-0.4, -0.2) is 20.4 Å². The molecule has 1 N–H and O–H groups in total. The van der Waals surface area contributed by atoms with Gasteiger partial charge in [-0.25, -0.2) is 0 Å². The van der Waals surface area contributed by atoms with Crippen LogP contribution in [0.5, 0.6) is 5.75 Å². The molecule has 4 rings (SSSR count). The third-order valence-corrected chi connectivity index (χ3v) is 7.04. The van der Waals surface area contributed by atoms with Gasteiger partial charge in [0.1, 0.15) is 23.3 Å². The molecule has 1 unspecified atom stereocenters. The monoisotopic (exact) mass is 515 g/mol. The van der Waals surface area contributed by atoms with Gasteiger partial charge in [0, 0.05) is 6.54 Å². The van der Waals surface area contributed by atoms with Crippen molar-refractivity contribution in [1.29, 1.82) is 0 Å². The predicted molar refractivity (Wildman–Crippen MR) is 142 cm³/mol. The maximum atomic E-state index is 13.0. The maximum Gasteiger partial charge on any atom is 0.339 e. The highest BCUT2D eigenvalue weighted by Gasteiger charge is 2.21. The topological polar surface area (TPSA) is 81.7 Å². The van der Waals surface area contributed by atoms with Crippen molar-refractivity contribution in [3.8, 4) is 5.75 Å². The Balaban J connectivity index is 1.43. The summed E-state index contributed by atoms with van der Waals surface area (Å²) < 4.78 is 36.0. The molecular weight excluding hydrogens is 486 g/mol. The molecule has 0 aliphatic rings. The minimum absolute atomic E-state index is 0.0912. The molecule has 0 heterocycles. The van der Waals surface area contributed by atoms with Crippen molar-refractivity contribution in [2.75, 3.05) is 0 Å². The minimum atomic E-state index is -3.94. The van der Waals surface area contributed by atoms with Crippen LogP contribution in [0.25, 0.3) is 0 Å². The molecule has 37 heavy (non-hydrogen) atoms. The highest BCUT2D eigenvalue weighted by Crippen LogP contribution is 2.20. The summed E-state index contributed by atoms with van der Waals surface area (Å²) in [5.41, 5.74) is 3.76. The summed E-state index contributed by atoms with van der Waals surface area (Å²) in [6, 6.07) is 31.9. The summed E-state index contributed by atoms with van der Waals surface area (Å²) in [6.07, 6.45) is 0.367. The second-order valence-electron chi connectivity index (χ2n) is 8.71. The average molecular weight is 516 g/mol. The largest absolute Gasteiger partial charge is 0.460 e. The Morgan fingerprint density at radius 1 is 0.757 bits per heavy atom. The fourth-order valence-electron chi connectivity index (χ4n) is 3.70. The van der Waals surface area contributed by atoms with E-state index < -0.39 is 16.2 Å². The lowest BCUT2D eigenvalue weighted by atomic mass is 10.1. The molecule has 0 radical (unpaired) electrons. The first kappa shape index (κ1) is 26.1. The van der Waals surface area contributed by atoms with Gasteiger partial charge in [-0.2, -0.15) is 8.42 Å². The highest BCUT2D eigenvalue weighted by molar-refractivity contribution is 7.87. The summed E-state index contributed by atoms with van der Waals surface area (Å²) >= 11 is 0. The number of esters is 1. The van der Waals surface area contributed by atoms with E-state index in [0.29, 0.717) is 13.0 Å². The molecule has 1 atom stereocenters. The van der Waals surface area contributed by atoms with Crippen molar-refractivity contribution >= 4 is 16.1 Å². The van der Waals surface area contributed by atoms with E-state index in [1.807, 2.05) is 67.6 Å². The summed E-state index contributed by atoms with van der Waals surface area (Å²) in [6.45, 7) is 2.57. The zero-order chi connectivity index (χ0) is 26.1. The Bertz CT molecular complexity index is 1390. The molecule has 190 valence electrons. The normalized spacial score (nSPS) is 12.0. The van der Waals surface area contributed by atoms with Crippen LogP contribution in [0.3, 0.4) is 0 Å². The van der Waals surface area contributed by atoms with Gasteiger partial charge >= 0.3 is 16.1 Å². The van der Waals surface area contributed by atoms with Crippen LogP contribution in [0.1, 0.15) is 22.3 Å². The first-order chi connectivity index (χ1) is 17.9. The van der Waals surface area contributed by atoms with E-state index in [-0.39, 0.29) is 23.2 Å². The first-order valence-corrected chi connectivity index (χ1v) is 13.4. The Hall–Kier alpha value is -3.94. The molecule has 7 heteroatoms. The summed E-state index contributed by atoms with van der Waals surface area (Å²) in [5.74, 6) is -0.160. The Morgan fingerprint density at radius 2 is 1.35 bits per heavy atom. The van der Waals surface area contributed by atoms with Gasteiger partial charge in [-0.3, -0.25) is 4.79 Å². The smallest absolute Gasteiger partial charge is 0.339 e. The third-order valence-electron chi connectivity index (χ3n) is 5.78. The highest BCUT2D eigenvalue weighted by atomic mass is 32.2. The zero-order valence-electron chi connectivity index (χ0n) is 20.5. The Kier molecular flexibility index (Phi) is 8.72. The molecule has 4 aromatic carbocycles. The van der Waals surface area contributed by atoms with Crippen molar-refractivity contribution in [2.24, 2.45) is 0 Å². The number of rotatable bonds is 11. The van der Waals surface area contributed by atoms with Gasteiger partial charge in [-0.05, 0) is 54.3 Å². The number of carbonyl (C=O) groups excluding carboxylic acids is 1. The number of hydrogen-bond acceptors (Lipinski definition) is 6. The number of aryl methyl sites for hydroxylation is 1. The molecule has 0 saturated heterocycles. The van der Waals surface area contributed by atoms with Crippen LogP contribution in [0.4, 0.5) is 0 Å². The molecule has 0 fully saturated rings. The van der Waals surface area contributed by atoms with Crippen molar-refractivity contribution in [3.63, 3.8) is 0 Å². The maximum absolute atomic E-state index is 13.0. The predicted octanol–water partition coefficient (Wildman–Crippen LogP) is 5.21. The van der Waals surface area contributed by atoms with Gasteiger partial charge < -0.3 is 14.2 Å². The summed E-state index contributed by atoms with van der Waals surface area (Å²) in [4.78, 5) is 13.1. The Morgan fingerprint density at radius 3 is 1.97 bits per heavy atom. The standard InChI is InChI=1S/C30H29NO5S/c1-23-12-18-28(19-13-23)37(33,34)36-27-16-14-24(15-17-27)20-29(31-21-25-8-4-2-5-9-25)30(32)35-22-26-10-6-3-7-11-26/h2-19,29,31H,20-22H2,1H3. The molecule has 0 bridgehead atoms. The fraction of sp³-hybridized carbons (Fsp3) is 0.167. The summed E-state index contributed by atoms with van der Waals surface area (Å²) in [5, 5.41) is 3.30. The van der Waals surface area contributed by atoms with Crippen LogP contribution in [0.15, 0.2) is 114 Å².